The Kier molecular flexibility index (Phi) is 6.47. The number of nitrogens with zero attached hydrogens (tertiary/aromatic N) is 8. The van der Waals surface area contributed by atoms with E-state index in [1.54, 1.807) is 42.7 Å². The average Bonchev–Trinajstić information content (AvgIpc) is 3.22. The normalized spacial score (nSPS) is 16.4. The number of hydrogen-bond donors (Lipinski definition) is 0. The van der Waals surface area contributed by atoms with Crippen molar-refractivity contribution in [2.45, 2.75) is 37.6 Å². The lowest BCUT2D eigenvalue weighted by molar-refractivity contribution is 0.135. The van der Waals surface area contributed by atoms with E-state index in [0.29, 0.717) is 5.82 Å². The third-order valence-corrected chi connectivity index (χ3v) is 7.25. The van der Waals surface area contributed by atoms with Crippen LogP contribution in [0.4, 0.5) is 5.95 Å². The fourth-order valence-electron chi connectivity index (χ4n) is 4.03. The maximum absolute atomic E-state index is 13.0. The van der Waals surface area contributed by atoms with Crippen LogP contribution in [0.1, 0.15) is 31.3 Å². The maximum atomic E-state index is 13.0. The van der Waals surface area contributed by atoms with Crippen molar-refractivity contribution in [2.24, 2.45) is 5.92 Å². The molecule has 170 valence electrons. The van der Waals surface area contributed by atoms with Crippen LogP contribution in [0.3, 0.4) is 0 Å². The third kappa shape index (κ3) is 4.78. The van der Waals surface area contributed by atoms with Gasteiger partial charge in [0, 0.05) is 38.6 Å². The Bertz CT molecular complexity index is 1120. The summed E-state index contributed by atoms with van der Waals surface area (Å²) in [5, 5.41) is 12.1. The molecule has 0 radical (unpaired) electrons. The molecule has 1 saturated heterocycles. The Morgan fingerprint density at radius 1 is 1.00 bits per heavy atom. The summed E-state index contributed by atoms with van der Waals surface area (Å²) >= 11 is 0. The number of piperazine rings is 1. The van der Waals surface area contributed by atoms with Gasteiger partial charge in [-0.2, -0.15) is 0 Å². The molecule has 1 aliphatic rings. The molecule has 11 heteroatoms. The highest BCUT2D eigenvalue weighted by molar-refractivity contribution is 7.90. The lowest BCUT2D eigenvalue weighted by atomic mass is 10.0. The summed E-state index contributed by atoms with van der Waals surface area (Å²) in [4.78, 5) is 13.4. The van der Waals surface area contributed by atoms with Gasteiger partial charge in [-0.3, -0.25) is 4.90 Å². The van der Waals surface area contributed by atoms with E-state index < -0.39 is 9.84 Å². The van der Waals surface area contributed by atoms with Crippen molar-refractivity contribution >= 4 is 15.8 Å². The molecule has 1 aromatic carbocycles. The lowest BCUT2D eigenvalue weighted by Crippen LogP contribution is -2.49. The van der Waals surface area contributed by atoms with Crippen molar-refractivity contribution in [1.29, 1.82) is 0 Å². The van der Waals surface area contributed by atoms with Gasteiger partial charge >= 0.3 is 0 Å². The Morgan fingerprint density at radius 2 is 1.66 bits per heavy atom. The van der Waals surface area contributed by atoms with Gasteiger partial charge in [0.1, 0.15) is 0 Å². The maximum Gasteiger partial charge on any atom is 0.225 e. The summed E-state index contributed by atoms with van der Waals surface area (Å²) < 4.78 is 27.4. The number of hydrogen-bond acceptors (Lipinski definition) is 9. The Labute approximate surface area is 188 Å². The molecule has 10 nitrogen and oxygen atoms in total. The van der Waals surface area contributed by atoms with Crippen LogP contribution >= 0.6 is 0 Å². The molecule has 0 spiro atoms. The van der Waals surface area contributed by atoms with Gasteiger partial charge in [0.25, 0.3) is 0 Å². The van der Waals surface area contributed by atoms with E-state index in [9.17, 15) is 8.42 Å². The van der Waals surface area contributed by atoms with Gasteiger partial charge in [0.05, 0.1) is 10.9 Å². The molecule has 0 amide bonds. The van der Waals surface area contributed by atoms with E-state index in [-0.39, 0.29) is 22.7 Å². The highest BCUT2D eigenvalue weighted by Gasteiger charge is 2.33. The van der Waals surface area contributed by atoms with Crippen molar-refractivity contribution < 1.29 is 8.42 Å². The van der Waals surface area contributed by atoms with Crippen LogP contribution in [0.25, 0.3) is 0 Å². The van der Waals surface area contributed by atoms with Gasteiger partial charge in [0.15, 0.2) is 21.5 Å². The van der Waals surface area contributed by atoms with Crippen molar-refractivity contribution in [1.82, 2.24) is 35.1 Å². The molecule has 3 aromatic rings. The second kappa shape index (κ2) is 9.29. The number of anilines is 1. The predicted molar refractivity (Wildman–Crippen MR) is 120 cm³/mol. The molecule has 0 saturated carbocycles. The van der Waals surface area contributed by atoms with Crippen LogP contribution in [0.5, 0.6) is 0 Å². The zero-order valence-electron chi connectivity index (χ0n) is 18.5. The van der Waals surface area contributed by atoms with Crippen molar-refractivity contribution in [2.75, 3.05) is 31.1 Å². The first kappa shape index (κ1) is 22.3. The van der Waals surface area contributed by atoms with Crippen LogP contribution in [-0.2, 0) is 15.7 Å². The molecule has 2 aromatic heterocycles. The first-order chi connectivity index (χ1) is 15.3. The fourth-order valence-corrected chi connectivity index (χ4v) is 5.24. The highest BCUT2D eigenvalue weighted by atomic mass is 32.2. The summed E-state index contributed by atoms with van der Waals surface area (Å²) in [5.74, 6) is 1.20. The summed E-state index contributed by atoms with van der Waals surface area (Å²) in [5.41, 5.74) is 1.01. The molecule has 3 heterocycles. The molecule has 0 aliphatic carbocycles. The molecule has 0 N–H and O–H groups in total. The van der Waals surface area contributed by atoms with Crippen LogP contribution in [0.15, 0.2) is 47.6 Å². The second-order valence-electron chi connectivity index (χ2n) is 8.35. The van der Waals surface area contributed by atoms with Crippen LogP contribution < -0.4 is 4.90 Å². The SMILES string of the molecule is Cc1ccc(S(=O)(=O)Cn2nnnc2[C@@H](C(C)C)N2CCN(c3ncccn3)CC2)cc1. The second-order valence-corrected chi connectivity index (χ2v) is 10.3. The summed E-state index contributed by atoms with van der Waals surface area (Å²) in [6, 6.07) is 8.54. The molecular formula is C21H28N8O2S. The molecule has 32 heavy (non-hydrogen) atoms. The standard InChI is InChI=1S/C21H28N8O2S/c1-16(2)19(27-11-13-28(14-12-27)21-22-9-4-10-23-21)20-24-25-26-29(20)15-32(30,31)18-7-5-17(3)6-8-18/h4-10,16,19H,11-15H2,1-3H3/t19-/m1/s1. The molecule has 1 fully saturated rings. The number of aryl methyl sites for hydroxylation is 1. The molecular weight excluding hydrogens is 428 g/mol. The average molecular weight is 457 g/mol. The van der Waals surface area contributed by atoms with Crippen LogP contribution in [-0.4, -0.2) is 69.7 Å². The molecule has 1 aliphatic heterocycles. The van der Waals surface area contributed by atoms with Crippen molar-refractivity contribution in [3.63, 3.8) is 0 Å². The van der Waals surface area contributed by atoms with Gasteiger partial charge < -0.3 is 4.90 Å². The van der Waals surface area contributed by atoms with Crippen LogP contribution in [0.2, 0.25) is 0 Å². The van der Waals surface area contributed by atoms with Gasteiger partial charge in [-0.25, -0.2) is 23.1 Å². The zero-order chi connectivity index (χ0) is 22.7. The largest absolute Gasteiger partial charge is 0.338 e. The van der Waals surface area contributed by atoms with E-state index in [4.69, 9.17) is 0 Å². The molecule has 0 unspecified atom stereocenters. The summed E-state index contributed by atoms with van der Waals surface area (Å²) in [6.07, 6.45) is 3.49. The van der Waals surface area contributed by atoms with E-state index in [2.05, 4.69) is 49.1 Å². The van der Waals surface area contributed by atoms with E-state index >= 15 is 0 Å². The fraction of sp³-hybridized carbons (Fsp3) is 0.476. The predicted octanol–water partition coefficient (Wildman–Crippen LogP) is 1.72. The smallest absolute Gasteiger partial charge is 0.225 e. The number of sulfone groups is 1. The number of tetrazole rings is 1. The van der Waals surface area contributed by atoms with E-state index in [0.717, 1.165) is 37.7 Å². The first-order valence-corrected chi connectivity index (χ1v) is 12.3. The first-order valence-electron chi connectivity index (χ1n) is 10.7. The lowest BCUT2D eigenvalue weighted by Gasteiger charge is -2.40. The zero-order valence-corrected chi connectivity index (χ0v) is 19.4. The van der Waals surface area contributed by atoms with Crippen molar-refractivity contribution in [3.8, 4) is 0 Å². The van der Waals surface area contributed by atoms with Gasteiger partial charge in [-0.1, -0.05) is 31.5 Å². The third-order valence-electron chi connectivity index (χ3n) is 5.67. The Hall–Kier alpha value is -2.92. The number of rotatable bonds is 7. The summed E-state index contributed by atoms with van der Waals surface area (Å²) in [6.45, 7) is 9.23. The highest BCUT2D eigenvalue weighted by Crippen LogP contribution is 2.29. The van der Waals surface area contributed by atoms with E-state index in [1.807, 2.05) is 6.92 Å². The number of aromatic nitrogens is 6. The monoisotopic (exact) mass is 456 g/mol. The molecule has 1 atom stereocenters. The molecule has 4 rings (SSSR count). The van der Waals surface area contributed by atoms with Gasteiger partial charge in [0.2, 0.25) is 5.95 Å². The Morgan fingerprint density at radius 3 is 2.28 bits per heavy atom. The Balaban J connectivity index is 1.52. The van der Waals surface area contributed by atoms with Gasteiger partial charge in [-0.15, -0.1) is 5.10 Å². The minimum atomic E-state index is -3.58. The summed E-state index contributed by atoms with van der Waals surface area (Å²) in [7, 11) is -3.58. The van der Waals surface area contributed by atoms with Gasteiger partial charge in [-0.05, 0) is 41.5 Å². The van der Waals surface area contributed by atoms with E-state index in [1.165, 1.54) is 4.68 Å². The minimum absolute atomic E-state index is 0.0999. The quantitative estimate of drug-likeness (QED) is 0.525. The van der Waals surface area contributed by atoms with Crippen LogP contribution in [0, 0.1) is 12.8 Å². The molecule has 0 bridgehead atoms. The topological polar surface area (TPSA) is 110 Å². The van der Waals surface area contributed by atoms with Crippen molar-refractivity contribution in [3.05, 3.63) is 54.1 Å². The minimum Gasteiger partial charge on any atom is -0.338 e. The number of benzene rings is 1.